The van der Waals surface area contributed by atoms with Crippen molar-refractivity contribution >= 4 is 46.8 Å². The minimum Gasteiger partial charge on any atom is -0.479 e. The highest BCUT2D eigenvalue weighted by Gasteiger charge is 2.66. The molecule has 0 saturated heterocycles. The number of rotatable bonds is 7. The Kier molecular flexibility index (Phi) is 9.54. The Balaban J connectivity index is 1.64. The van der Waals surface area contributed by atoms with E-state index < -0.39 is 64.1 Å². The molecule has 0 fully saturated rings. The van der Waals surface area contributed by atoms with Crippen molar-refractivity contribution in [2.24, 2.45) is 16.2 Å². The molecule has 2 aromatic carbocycles. The number of aryl methyl sites for hydroxylation is 1. The SMILES string of the molecule is CCOC1=NOC(N(COC(=O)N(C)C)C(=O)c2ccc(C3=NO[C@@](c4cc(Cl)c(F)c(Cl)c4)(C(F)(F)F)C3C)cc2C)C1. The summed E-state index contributed by atoms with van der Waals surface area (Å²) in [6.45, 7) is 4.43. The van der Waals surface area contributed by atoms with Gasteiger partial charge in [0.2, 0.25) is 12.1 Å². The van der Waals surface area contributed by atoms with Crippen LogP contribution in [0.1, 0.15) is 47.3 Å². The largest absolute Gasteiger partial charge is 0.479 e. The predicted molar refractivity (Wildman–Crippen MR) is 152 cm³/mol. The molecule has 0 spiro atoms. The smallest absolute Gasteiger partial charge is 0.436 e. The summed E-state index contributed by atoms with van der Waals surface area (Å²) in [5.41, 5.74) is -2.86. The number of hydrogen-bond donors (Lipinski definition) is 0. The van der Waals surface area contributed by atoms with Gasteiger partial charge in [0.25, 0.3) is 11.5 Å². The summed E-state index contributed by atoms with van der Waals surface area (Å²) in [6, 6.07) is 5.91. The van der Waals surface area contributed by atoms with Crippen LogP contribution in [0.25, 0.3) is 0 Å². The molecule has 0 radical (unpaired) electrons. The highest BCUT2D eigenvalue weighted by molar-refractivity contribution is 6.35. The Labute approximate surface area is 260 Å². The molecule has 2 heterocycles. The molecule has 0 aliphatic carbocycles. The van der Waals surface area contributed by atoms with Crippen molar-refractivity contribution in [3.63, 3.8) is 0 Å². The lowest BCUT2D eigenvalue weighted by molar-refractivity contribution is -0.287. The van der Waals surface area contributed by atoms with Crippen molar-refractivity contribution in [2.75, 3.05) is 27.4 Å². The van der Waals surface area contributed by atoms with Crippen LogP contribution in [0.5, 0.6) is 0 Å². The van der Waals surface area contributed by atoms with Gasteiger partial charge in [0.05, 0.1) is 34.7 Å². The van der Waals surface area contributed by atoms with E-state index >= 15 is 0 Å². The van der Waals surface area contributed by atoms with Crippen molar-refractivity contribution < 1.29 is 46.3 Å². The van der Waals surface area contributed by atoms with Gasteiger partial charge in [-0.25, -0.2) is 9.18 Å². The Hall–Kier alpha value is -3.78. The van der Waals surface area contributed by atoms with Gasteiger partial charge < -0.3 is 24.0 Å². The van der Waals surface area contributed by atoms with E-state index in [2.05, 4.69) is 10.3 Å². The van der Waals surface area contributed by atoms with E-state index in [4.69, 9.17) is 42.4 Å². The molecule has 44 heavy (non-hydrogen) atoms. The van der Waals surface area contributed by atoms with Crippen LogP contribution in [0.3, 0.4) is 0 Å². The van der Waals surface area contributed by atoms with Gasteiger partial charge in [-0.2, -0.15) is 13.2 Å². The molecule has 4 rings (SSSR count). The summed E-state index contributed by atoms with van der Waals surface area (Å²) >= 11 is 11.6. The van der Waals surface area contributed by atoms with Crippen LogP contribution >= 0.6 is 23.2 Å². The molecule has 2 aliphatic heterocycles. The zero-order valence-corrected chi connectivity index (χ0v) is 25.7. The minimum atomic E-state index is -5.01. The molecule has 2 aliphatic rings. The summed E-state index contributed by atoms with van der Waals surface area (Å²) in [5.74, 6) is -2.85. The Bertz CT molecular complexity index is 1500. The van der Waals surface area contributed by atoms with Gasteiger partial charge in [0.1, 0.15) is 0 Å². The molecule has 16 heteroatoms. The summed E-state index contributed by atoms with van der Waals surface area (Å²) in [7, 11) is 2.95. The van der Waals surface area contributed by atoms with Crippen LogP contribution in [0.15, 0.2) is 40.6 Å². The molecular formula is C28H28Cl2F4N4O6. The molecule has 10 nitrogen and oxygen atoms in total. The van der Waals surface area contributed by atoms with Crippen LogP contribution in [-0.4, -0.2) is 73.2 Å². The van der Waals surface area contributed by atoms with E-state index in [0.29, 0.717) is 12.2 Å². The number of ether oxygens (including phenoxy) is 2. The summed E-state index contributed by atoms with van der Waals surface area (Å²) < 4.78 is 68.6. The van der Waals surface area contributed by atoms with Gasteiger partial charge >= 0.3 is 12.3 Å². The number of oxime groups is 2. The van der Waals surface area contributed by atoms with E-state index in [1.165, 1.54) is 44.1 Å². The lowest BCUT2D eigenvalue weighted by atomic mass is 9.77. The first-order chi connectivity index (χ1) is 20.6. The summed E-state index contributed by atoms with van der Waals surface area (Å²) in [4.78, 5) is 38.6. The zero-order chi connectivity index (χ0) is 32.6. The van der Waals surface area contributed by atoms with E-state index in [9.17, 15) is 27.2 Å². The predicted octanol–water partition coefficient (Wildman–Crippen LogP) is 6.46. The quantitative estimate of drug-likeness (QED) is 0.192. The number of halogens is 6. The van der Waals surface area contributed by atoms with E-state index in [1.54, 1.807) is 13.8 Å². The summed E-state index contributed by atoms with van der Waals surface area (Å²) in [6.07, 6.45) is -6.57. The highest BCUT2D eigenvalue weighted by Crippen LogP contribution is 2.53. The second-order valence-electron chi connectivity index (χ2n) is 10.2. The number of alkyl halides is 3. The second kappa shape index (κ2) is 12.7. The monoisotopic (exact) mass is 662 g/mol. The maximum absolute atomic E-state index is 14.6. The first-order valence-electron chi connectivity index (χ1n) is 13.2. The third-order valence-corrected chi connectivity index (χ3v) is 7.68. The normalized spacial score (nSPS) is 21.2. The van der Waals surface area contributed by atoms with Gasteiger partial charge in [-0.05, 0) is 48.8 Å². The maximum Gasteiger partial charge on any atom is 0.436 e. The fourth-order valence-electron chi connectivity index (χ4n) is 4.81. The first-order valence-corrected chi connectivity index (χ1v) is 14.0. The van der Waals surface area contributed by atoms with Crippen molar-refractivity contribution in [1.82, 2.24) is 9.80 Å². The first kappa shape index (κ1) is 33.1. The van der Waals surface area contributed by atoms with Gasteiger partial charge in [0.15, 0.2) is 12.5 Å². The van der Waals surface area contributed by atoms with E-state index in [0.717, 1.165) is 17.0 Å². The molecule has 0 N–H and O–H groups in total. The van der Waals surface area contributed by atoms with Gasteiger partial charge in [0, 0.05) is 30.8 Å². The lowest BCUT2D eigenvalue weighted by Crippen LogP contribution is -2.48. The van der Waals surface area contributed by atoms with Crippen molar-refractivity contribution in [1.29, 1.82) is 0 Å². The van der Waals surface area contributed by atoms with Gasteiger partial charge in [-0.3, -0.25) is 9.69 Å². The second-order valence-corrected chi connectivity index (χ2v) is 11.0. The van der Waals surface area contributed by atoms with Gasteiger partial charge in [-0.1, -0.05) is 41.3 Å². The number of nitrogens with zero attached hydrogens (tertiary/aromatic N) is 4. The van der Waals surface area contributed by atoms with Crippen molar-refractivity contribution in [2.45, 2.75) is 45.2 Å². The number of carbonyl (C=O) groups is 2. The fourth-order valence-corrected chi connectivity index (χ4v) is 5.30. The Morgan fingerprint density at radius 1 is 1.14 bits per heavy atom. The molecule has 2 aromatic rings. The van der Waals surface area contributed by atoms with Crippen LogP contribution in [-0.2, 0) is 24.7 Å². The molecule has 2 unspecified atom stereocenters. The minimum absolute atomic E-state index is 0.0772. The number of benzene rings is 2. The van der Waals surface area contributed by atoms with Crippen LogP contribution in [0.4, 0.5) is 22.4 Å². The summed E-state index contributed by atoms with van der Waals surface area (Å²) in [5, 5.41) is 6.40. The zero-order valence-electron chi connectivity index (χ0n) is 24.2. The topological polar surface area (TPSA) is 102 Å². The van der Waals surface area contributed by atoms with E-state index in [-0.39, 0.29) is 29.2 Å². The molecular weight excluding hydrogens is 635 g/mol. The fraction of sp³-hybridized carbons (Fsp3) is 0.429. The van der Waals surface area contributed by atoms with Crippen molar-refractivity contribution in [3.8, 4) is 0 Å². The molecule has 2 amide bonds. The molecule has 0 saturated carbocycles. The average Bonchev–Trinajstić information content (AvgIpc) is 3.56. The molecule has 238 valence electrons. The van der Waals surface area contributed by atoms with Crippen LogP contribution in [0.2, 0.25) is 10.0 Å². The standard InChI is InChI=1S/C28H28Cl2F4N4O6/c1-6-41-21-12-22(43-35-21)38(13-42-26(40)37(4)5)25(39)18-8-7-16(9-14(18)2)24-15(3)27(44-36-24,28(32,33)34)17-10-19(29)23(31)20(30)11-17/h7-11,15,22H,6,12-13H2,1-5H3/t15?,22?,27-/m0/s1. The molecule has 0 aromatic heterocycles. The number of carbonyl (C=O) groups excluding carboxylic acids is 2. The van der Waals surface area contributed by atoms with Crippen molar-refractivity contribution in [3.05, 3.63) is 68.4 Å². The third-order valence-electron chi connectivity index (χ3n) is 7.13. The number of hydrogen-bond acceptors (Lipinski definition) is 8. The van der Waals surface area contributed by atoms with Gasteiger partial charge in [-0.15, -0.1) is 0 Å². The third kappa shape index (κ3) is 6.09. The number of amides is 2. The Morgan fingerprint density at radius 3 is 2.36 bits per heavy atom. The van der Waals surface area contributed by atoms with Crippen LogP contribution < -0.4 is 0 Å². The maximum atomic E-state index is 14.6. The highest BCUT2D eigenvalue weighted by atomic mass is 35.5. The van der Waals surface area contributed by atoms with E-state index in [1.807, 2.05) is 0 Å². The Morgan fingerprint density at radius 2 is 1.80 bits per heavy atom. The molecule has 0 bridgehead atoms. The lowest BCUT2D eigenvalue weighted by Gasteiger charge is -2.34. The molecule has 3 atom stereocenters. The average molecular weight is 663 g/mol. The van der Waals surface area contributed by atoms with Crippen LogP contribution in [0, 0.1) is 18.7 Å².